The summed E-state index contributed by atoms with van der Waals surface area (Å²) in [6.45, 7) is 11.0. The van der Waals surface area contributed by atoms with E-state index >= 15 is 0 Å². The van der Waals surface area contributed by atoms with Crippen LogP contribution in [0.1, 0.15) is 44.7 Å². The normalized spacial score (nSPS) is 32.8. The molecule has 3 bridgehead atoms. The Morgan fingerprint density at radius 1 is 1.05 bits per heavy atom. The van der Waals surface area contributed by atoms with Crippen LogP contribution in [-0.4, -0.2) is 96.6 Å². The van der Waals surface area contributed by atoms with Crippen LogP contribution in [0, 0.1) is 17.8 Å². The topological polar surface area (TPSA) is 182 Å². The molecule has 1 saturated carbocycles. The Labute approximate surface area is 321 Å². The number of amides is 1. The molecular weight excluding hydrogens is 706 g/mol. The third-order valence-electron chi connectivity index (χ3n) is 12.0. The van der Waals surface area contributed by atoms with Gasteiger partial charge < -0.3 is 49.9 Å². The molecule has 0 radical (unpaired) electrons. The number of carbonyl (C=O) groups excluding carboxylic acids is 3. The molecule has 3 fully saturated rings. The van der Waals surface area contributed by atoms with Gasteiger partial charge in [0.1, 0.15) is 18.3 Å². The number of nitrogens with zero attached hydrogens (tertiary/aromatic N) is 1. The number of ether oxygens (including phenoxy) is 6. The first-order chi connectivity index (χ1) is 26.2. The van der Waals surface area contributed by atoms with Gasteiger partial charge >= 0.3 is 12.1 Å². The van der Waals surface area contributed by atoms with Gasteiger partial charge in [-0.3, -0.25) is 9.59 Å². The lowest BCUT2D eigenvalue weighted by Crippen LogP contribution is -2.70. The number of hydrogen-bond donors (Lipinski definition) is 3. The summed E-state index contributed by atoms with van der Waals surface area (Å²) in [5.74, 6) is -3.32. The Morgan fingerprint density at radius 2 is 1.78 bits per heavy atom. The van der Waals surface area contributed by atoms with Crippen LogP contribution in [-0.2, 0) is 41.4 Å². The molecule has 0 aromatic heterocycles. The molecule has 1 amide bonds. The number of nitrogens with two attached hydrogens (primary N) is 2. The van der Waals surface area contributed by atoms with Gasteiger partial charge in [-0.1, -0.05) is 56.0 Å². The second kappa shape index (κ2) is 14.6. The van der Waals surface area contributed by atoms with E-state index in [2.05, 4.69) is 13.5 Å². The van der Waals surface area contributed by atoms with Crippen LogP contribution in [0.15, 0.2) is 84.0 Å². The fourth-order valence-electron chi connectivity index (χ4n) is 9.61. The Morgan fingerprint density at radius 3 is 2.45 bits per heavy atom. The number of Topliss-reactive ketones (excluding diaryl/α,β-unsaturated/α-hetero) is 1. The van der Waals surface area contributed by atoms with Crippen molar-refractivity contribution in [3.8, 4) is 11.5 Å². The number of ketones is 1. The van der Waals surface area contributed by atoms with Crippen LogP contribution in [0.25, 0.3) is 0 Å². The highest BCUT2D eigenvalue weighted by Gasteiger charge is 2.79. The van der Waals surface area contributed by atoms with Gasteiger partial charge in [0.05, 0.1) is 25.6 Å². The van der Waals surface area contributed by atoms with Crippen molar-refractivity contribution in [2.75, 3.05) is 39.9 Å². The van der Waals surface area contributed by atoms with E-state index in [1.807, 2.05) is 43.3 Å². The summed E-state index contributed by atoms with van der Waals surface area (Å²) < 4.78 is 37.9. The van der Waals surface area contributed by atoms with E-state index in [0.29, 0.717) is 36.0 Å². The number of esters is 1. The first kappa shape index (κ1) is 38.9. The van der Waals surface area contributed by atoms with E-state index in [1.54, 1.807) is 31.2 Å². The zero-order valence-corrected chi connectivity index (χ0v) is 31.9. The van der Waals surface area contributed by atoms with Crippen molar-refractivity contribution in [2.45, 2.75) is 75.3 Å². The lowest BCUT2D eigenvalue weighted by atomic mass is 9.54. The number of methoxy groups -OCH3 is 1. The van der Waals surface area contributed by atoms with Crippen molar-refractivity contribution in [3.05, 3.63) is 95.1 Å². The molecule has 0 unspecified atom stereocenters. The summed E-state index contributed by atoms with van der Waals surface area (Å²) in [4.78, 5) is 41.4. The molecule has 2 heterocycles. The first-order valence-electron chi connectivity index (χ1n) is 18.9. The van der Waals surface area contributed by atoms with Crippen LogP contribution < -0.4 is 20.9 Å². The lowest BCUT2D eigenvalue weighted by molar-refractivity contribution is -0.425. The quantitative estimate of drug-likeness (QED) is 0.199. The first-order valence-corrected chi connectivity index (χ1v) is 18.9. The molecule has 2 aliphatic heterocycles. The lowest BCUT2D eigenvalue weighted by Gasteiger charge is -2.59. The number of hydrogen-bond acceptors (Lipinski definition) is 12. The average molecular weight is 758 g/mol. The van der Waals surface area contributed by atoms with Gasteiger partial charge in [-0.15, -0.1) is 0 Å². The van der Waals surface area contributed by atoms with Gasteiger partial charge in [-0.2, -0.15) is 0 Å². The van der Waals surface area contributed by atoms with E-state index in [0.717, 1.165) is 11.1 Å². The molecular formula is C42H51N3O10. The van der Waals surface area contributed by atoms with Gasteiger partial charge in [-0.25, -0.2) is 4.79 Å². The summed E-state index contributed by atoms with van der Waals surface area (Å²) in [6.07, 6.45) is 3.31. The number of carbonyl (C=O) groups is 3. The SMILES string of the molecule is C=C(C)[C@]12C[C@@H](C)[C@@]34O[C@](Cc5ccccc5)(O[C@@H]1[C@@H]3CC(COC(=O)Cc1ccc(OC(=O)N(CCN)CCN)c(OC)c1)=C[C@]1(O)C(=O)C(C)=C[C@@H]41)O2. The van der Waals surface area contributed by atoms with Crippen LogP contribution >= 0.6 is 0 Å². The van der Waals surface area contributed by atoms with Crippen molar-refractivity contribution < 1.29 is 47.9 Å². The molecule has 5 N–H and O–H groups in total. The van der Waals surface area contributed by atoms with Crippen molar-refractivity contribution in [2.24, 2.45) is 29.2 Å². The molecule has 0 spiro atoms. The molecule has 3 aliphatic carbocycles. The molecule has 55 heavy (non-hydrogen) atoms. The largest absolute Gasteiger partial charge is 0.493 e. The third-order valence-corrected chi connectivity index (χ3v) is 12.0. The zero-order chi connectivity index (χ0) is 39.3. The predicted molar refractivity (Wildman–Crippen MR) is 201 cm³/mol. The molecule has 7 rings (SSSR count). The summed E-state index contributed by atoms with van der Waals surface area (Å²) in [5, 5.41) is 12.5. The standard InChI is InChI=1S/C42H51N3O10/c1-25(2)40-21-27(4)42-31(37(40)53-41(54-40,55-42)23-28-9-7-6-8-10-28)18-30(22-39(49)34(42)17-26(3)36(39)47)24-51-35(46)20-29-11-12-32(33(19-29)50-5)52-38(48)45(15-13-43)16-14-44/h6-12,17,19,22,27,31,34,37,49H,1,13-16,18,20-21,23-24,43-44H2,2-5H3/t27-,31+,34-,37-,39-,40-,41-,42-/m1/s1. The summed E-state index contributed by atoms with van der Waals surface area (Å²) in [6, 6.07) is 14.6. The van der Waals surface area contributed by atoms with Crippen molar-refractivity contribution in [1.82, 2.24) is 4.90 Å². The summed E-state index contributed by atoms with van der Waals surface area (Å²) in [5.41, 5.74) is 10.7. The van der Waals surface area contributed by atoms with Crippen LogP contribution in [0.4, 0.5) is 4.79 Å². The average Bonchev–Trinajstić information content (AvgIpc) is 3.46. The number of aliphatic hydroxyl groups is 1. The summed E-state index contributed by atoms with van der Waals surface area (Å²) >= 11 is 0. The van der Waals surface area contributed by atoms with Crippen molar-refractivity contribution in [1.29, 1.82) is 0 Å². The molecule has 294 valence electrons. The minimum Gasteiger partial charge on any atom is -0.493 e. The van der Waals surface area contributed by atoms with E-state index < -0.39 is 52.6 Å². The van der Waals surface area contributed by atoms with E-state index in [9.17, 15) is 19.5 Å². The van der Waals surface area contributed by atoms with Gasteiger partial charge in [0, 0.05) is 38.0 Å². The van der Waals surface area contributed by atoms with Crippen LogP contribution in [0.5, 0.6) is 11.5 Å². The predicted octanol–water partition coefficient (Wildman–Crippen LogP) is 3.76. The number of benzene rings is 2. The fourth-order valence-corrected chi connectivity index (χ4v) is 9.61. The van der Waals surface area contributed by atoms with Gasteiger partial charge in [0.2, 0.25) is 0 Å². The Bertz CT molecular complexity index is 1930. The van der Waals surface area contributed by atoms with Crippen LogP contribution in [0.3, 0.4) is 0 Å². The fraction of sp³-hybridized carbons (Fsp3) is 0.500. The molecule has 2 aromatic carbocycles. The number of rotatable bonds is 13. The maximum Gasteiger partial charge on any atom is 0.415 e. The van der Waals surface area contributed by atoms with Gasteiger partial charge in [-0.05, 0) is 78.7 Å². The molecule has 8 atom stereocenters. The summed E-state index contributed by atoms with van der Waals surface area (Å²) in [7, 11) is 1.43. The van der Waals surface area contributed by atoms with E-state index in [1.165, 1.54) is 12.0 Å². The monoisotopic (exact) mass is 757 g/mol. The third kappa shape index (κ3) is 6.50. The van der Waals surface area contributed by atoms with Crippen LogP contribution in [0.2, 0.25) is 0 Å². The number of fused-ring (bicyclic) bond motifs is 2. The maximum atomic E-state index is 13.9. The maximum absolute atomic E-state index is 13.9. The second-order valence-electron chi connectivity index (χ2n) is 15.6. The zero-order valence-electron chi connectivity index (χ0n) is 31.9. The molecule has 13 nitrogen and oxygen atoms in total. The van der Waals surface area contributed by atoms with Gasteiger partial charge in [0.25, 0.3) is 5.97 Å². The molecule has 13 heteroatoms. The Hall–Kier alpha value is -4.37. The molecule has 2 saturated heterocycles. The smallest absolute Gasteiger partial charge is 0.415 e. The minimum absolute atomic E-state index is 0.120. The van der Waals surface area contributed by atoms with Crippen molar-refractivity contribution >= 4 is 17.8 Å². The highest BCUT2D eigenvalue weighted by Crippen LogP contribution is 2.68. The van der Waals surface area contributed by atoms with Gasteiger partial charge in [0.15, 0.2) is 22.9 Å². The highest BCUT2D eigenvalue weighted by molar-refractivity contribution is 6.06. The Balaban J connectivity index is 1.14. The van der Waals surface area contributed by atoms with Crippen molar-refractivity contribution in [3.63, 3.8) is 0 Å². The second-order valence-corrected chi connectivity index (χ2v) is 15.6. The minimum atomic E-state index is -1.94. The van der Waals surface area contributed by atoms with E-state index in [4.69, 9.17) is 39.9 Å². The molecule has 5 aliphatic rings. The highest BCUT2D eigenvalue weighted by atomic mass is 16.9. The van der Waals surface area contributed by atoms with E-state index in [-0.39, 0.29) is 62.5 Å². The molecule has 2 aromatic rings. The Kier molecular flexibility index (Phi) is 10.3.